The summed E-state index contributed by atoms with van der Waals surface area (Å²) in [6.45, 7) is 14.4. The van der Waals surface area contributed by atoms with Crippen LogP contribution in [0.5, 0.6) is 0 Å². The van der Waals surface area contributed by atoms with E-state index in [0.29, 0.717) is 36.7 Å². The third-order valence-corrected chi connectivity index (χ3v) is 7.72. The Labute approximate surface area is 256 Å². The number of carbonyl (C=O) groups excluding carboxylic acids is 2. The minimum absolute atomic E-state index is 0.00153. The van der Waals surface area contributed by atoms with Gasteiger partial charge in [-0.25, -0.2) is 28.3 Å². The summed E-state index contributed by atoms with van der Waals surface area (Å²) >= 11 is 0. The van der Waals surface area contributed by atoms with Crippen molar-refractivity contribution in [2.45, 2.75) is 66.0 Å². The molecule has 8 nitrogen and oxygen atoms in total. The van der Waals surface area contributed by atoms with E-state index < -0.39 is 23.3 Å². The van der Waals surface area contributed by atoms with Crippen molar-refractivity contribution in [1.82, 2.24) is 14.8 Å². The van der Waals surface area contributed by atoms with Gasteiger partial charge in [0.25, 0.3) is 0 Å². The molecule has 1 amide bonds. The van der Waals surface area contributed by atoms with Gasteiger partial charge in [0.2, 0.25) is 5.82 Å². The molecule has 10 heteroatoms. The lowest BCUT2D eigenvalue weighted by molar-refractivity contribution is 0.0134. The number of aryl methyl sites for hydroxylation is 1. The van der Waals surface area contributed by atoms with Crippen molar-refractivity contribution in [3.63, 3.8) is 0 Å². The smallest absolute Gasteiger partial charge is 0.410 e. The van der Waals surface area contributed by atoms with E-state index in [1.165, 1.54) is 24.3 Å². The fraction of sp³-hybridized carbons (Fsp3) is 0.382. The highest BCUT2D eigenvalue weighted by Crippen LogP contribution is 2.43. The SMILES string of the molecule is Cc1cccc(C(C)C)c1N1C(=C=O)N=C(N2CCN(C(=O)OC(C)(C)C)C[C@@H]2C)c2cc(F)c(-c3ccccc3F)nc21. The van der Waals surface area contributed by atoms with Crippen LogP contribution in [0.4, 0.5) is 25.1 Å². The number of carbonyl (C=O) groups is 1. The number of benzene rings is 2. The van der Waals surface area contributed by atoms with Gasteiger partial charge in [-0.2, -0.15) is 0 Å². The molecule has 44 heavy (non-hydrogen) atoms. The molecule has 5 rings (SSSR count). The Balaban J connectivity index is 1.67. The van der Waals surface area contributed by atoms with E-state index in [-0.39, 0.29) is 34.9 Å². The number of aliphatic imine (C=N–C) groups is 1. The molecule has 0 saturated carbocycles. The van der Waals surface area contributed by atoms with Crippen LogP contribution in [0.2, 0.25) is 0 Å². The highest BCUT2D eigenvalue weighted by molar-refractivity contribution is 6.08. The minimum Gasteiger partial charge on any atom is -0.444 e. The molecule has 2 aliphatic heterocycles. The van der Waals surface area contributed by atoms with E-state index in [0.717, 1.165) is 11.1 Å². The van der Waals surface area contributed by atoms with Crippen LogP contribution in [0.3, 0.4) is 0 Å². The Morgan fingerprint density at radius 3 is 2.41 bits per heavy atom. The number of ether oxygens (including phenoxy) is 1. The number of hydrogen-bond donors (Lipinski definition) is 0. The Morgan fingerprint density at radius 1 is 1.05 bits per heavy atom. The number of rotatable bonds is 3. The molecule has 0 unspecified atom stereocenters. The number of pyridine rings is 1. The molecule has 0 N–H and O–H groups in total. The van der Waals surface area contributed by atoms with Crippen LogP contribution in [0.25, 0.3) is 11.3 Å². The lowest BCUT2D eigenvalue weighted by atomic mass is 9.96. The first kappa shape index (κ1) is 30.9. The molecule has 230 valence electrons. The van der Waals surface area contributed by atoms with Crippen LogP contribution in [0.15, 0.2) is 59.3 Å². The number of piperazine rings is 1. The van der Waals surface area contributed by atoms with Crippen molar-refractivity contribution in [3.05, 3.63) is 82.7 Å². The molecule has 1 aromatic heterocycles. The van der Waals surface area contributed by atoms with E-state index in [4.69, 9.17) is 14.7 Å². The Bertz CT molecular complexity index is 1690. The number of fused-ring (bicyclic) bond motifs is 1. The Kier molecular flexibility index (Phi) is 8.32. The van der Waals surface area contributed by atoms with E-state index >= 15 is 4.39 Å². The van der Waals surface area contributed by atoms with E-state index in [9.17, 15) is 14.0 Å². The molecule has 0 radical (unpaired) electrons. The van der Waals surface area contributed by atoms with Crippen molar-refractivity contribution in [1.29, 1.82) is 0 Å². The van der Waals surface area contributed by atoms with Gasteiger partial charge in [-0.05, 0) is 69.9 Å². The summed E-state index contributed by atoms with van der Waals surface area (Å²) in [6.07, 6.45) is -0.419. The number of nitrogens with zero attached hydrogens (tertiary/aromatic N) is 5. The number of amides is 1. The molecular formula is C34H37F2N5O3. The Hall–Kier alpha value is -4.56. The molecule has 0 aliphatic carbocycles. The van der Waals surface area contributed by atoms with E-state index in [1.807, 2.05) is 77.5 Å². The molecular weight excluding hydrogens is 564 g/mol. The standard InChI is InChI=1S/C34H37F2N5O3/c1-20(2)23-13-10-11-21(3)30(23)41-28(19-42)37-31(40-16-15-39(18-22(40)4)33(43)44-34(5,6)7)25-17-27(36)29(38-32(25)41)24-12-8-9-14-26(24)35/h8-14,17,20,22H,15-16,18H2,1-7H3/t22-/m0/s1. The number of para-hydroxylation sites is 1. The second-order valence-electron chi connectivity index (χ2n) is 12.5. The predicted octanol–water partition coefficient (Wildman–Crippen LogP) is 6.97. The number of aromatic nitrogens is 1. The molecule has 1 fully saturated rings. The summed E-state index contributed by atoms with van der Waals surface area (Å²) in [5.74, 6) is 1.24. The first-order chi connectivity index (χ1) is 20.8. The zero-order valence-corrected chi connectivity index (χ0v) is 26.1. The number of anilines is 2. The lowest BCUT2D eigenvalue weighted by Gasteiger charge is -2.43. The van der Waals surface area contributed by atoms with Crippen LogP contribution < -0.4 is 4.90 Å². The van der Waals surface area contributed by atoms with Crippen molar-refractivity contribution in [2.75, 3.05) is 24.5 Å². The monoisotopic (exact) mass is 601 g/mol. The van der Waals surface area contributed by atoms with Gasteiger partial charge in [-0.3, -0.25) is 4.90 Å². The second kappa shape index (κ2) is 11.8. The van der Waals surface area contributed by atoms with Crippen LogP contribution in [-0.2, 0) is 9.53 Å². The fourth-order valence-electron chi connectivity index (χ4n) is 5.68. The van der Waals surface area contributed by atoms with E-state index in [1.54, 1.807) is 15.9 Å². The first-order valence-corrected chi connectivity index (χ1v) is 14.7. The molecule has 3 heterocycles. The topological polar surface area (TPSA) is 78.3 Å². The van der Waals surface area contributed by atoms with Gasteiger partial charge in [-0.1, -0.05) is 44.2 Å². The number of hydrogen-bond acceptors (Lipinski definition) is 7. The summed E-state index contributed by atoms with van der Waals surface area (Å²) in [4.78, 5) is 40.1. The number of halogens is 2. The average Bonchev–Trinajstić information content (AvgIpc) is 2.96. The highest BCUT2D eigenvalue weighted by atomic mass is 19.1. The minimum atomic E-state index is -0.728. The maximum atomic E-state index is 15.9. The van der Waals surface area contributed by atoms with Gasteiger partial charge in [0.15, 0.2) is 11.8 Å². The molecule has 1 atom stereocenters. The lowest BCUT2D eigenvalue weighted by Crippen LogP contribution is -2.56. The van der Waals surface area contributed by atoms with Crippen LogP contribution >= 0.6 is 0 Å². The maximum absolute atomic E-state index is 15.9. The zero-order valence-electron chi connectivity index (χ0n) is 26.1. The summed E-state index contributed by atoms with van der Waals surface area (Å²) in [6, 6.07) is 12.7. The third-order valence-electron chi connectivity index (χ3n) is 7.72. The third kappa shape index (κ3) is 5.82. The fourth-order valence-corrected chi connectivity index (χ4v) is 5.68. The van der Waals surface area contributed by atoms with Gasteiger partial charge in [0, 0.05) is 31.2 Å². The average molecular weight is 602 g/mol. The Morgan fingerprint density at radius 2 is 1.77 bits per heavy atom. The van der Waals surface area contributed by atoms with Gasteiger partial charge in [0.1, 0.15) is 28.8 Å². The number of amidine groups is 1. The van der Waals surface area contributed by atoms with Gasteiger partial charge in [-0.15, -0.1) is 0 Å². The normalized spacial score (nSPS) is 17.0. The quantitative estimate of drug-likeness (QED) is 0.302. The highest BCUT2D eigenvalue weighted by Gasteiger charge is 2.38. The molecule has 0 spiro atoms. The van der Waals surface area contributed by atoms with Crippen LogP contribution in [0, 0.1) is 18.6 Å². The second-order valence-corrected chi connectivity index (χ2v) is 12.5. The zero-order chi connectivity index (χ0) is 31.9. The van der Waals surface area contributed by atoms with Gasteiger partial charge >= 0.3 is 6.09 Å². The van der Waals surface area contributed by atoms with Crippen LogP contribution in [-0.4, -0.2) is 63.9 Å². The van der Waals surface area contributed by atoms with Gasteiger partial charge in [0.05, 0.1) is 11.3 Å². The summed E-state index contributed by atoms with van der Waals surface area (Å²) in [7, 11) is 0. The van der Waals surface area contributed by atoms with E-state index in [2.05, 4.69) is 0 Å². The summed E-state index contributed by atoms with van der Waals surface area (Å²) < 4.78 is 36.4. The van der Waals surface area contributed by atoms with Crippen LogP contribution in [0.1, 0.15) is 64.2 Å². The van der Waals surface area contributed by atoms with Crippen molar-refractivity contribution >= 4 is 29.4 Å². The summed E-state index contributed by atoms with van der Waals surface area (Å²) in [5.41, 5.74) is 2.00. The largest absolute Gasteiger partial charge is 0.444 e. The van der Waals surface area contributed by atoms with Crippen molar-refractivity contribution < 1.29 is 23.1 Å². The van der Waals surface area contributed by atoms with Crippen molar-refractivity contribution in [2.24, 2.45) is 4.99 Å². The molecule has 1 saturated heterocycles. The predicted molar refractivity (Wildman–Crippen MR) is 167 cm³/mol. The maximum Gasteiger partial charge on any atom is 0.410 e. The van der Waals surface area contributed by atoms with Gasteiger partial charge < -0.3 is 14.5 Å². The molecule has 3 aromatic rings. The van der Waals surface area contributed by atoms with Crippen molar-refractivity contribution in [3.8, 4) is 11.3 Å². The molecule has 2 aromatic carbocycles. The molecule has 0 bridgehead atoms. The summed E-state index contributed by atoms with van der Waals surface area (Å²) in [5, 5.41) is 0. The molecule has 2 aliphatic rings. The first-order valence-electron chi connectivity index (χ1n) is 14.7.